The van der Waals surface area contributed by atoms with Crippen LogP contribution in [0.2, 0.25) is 0 Å². The average molecular weight is 238 g/mol. The molecule has 0 aliphatic carbocycles. The van der Waals surface area contributed by atoms with Crippen LogP contribution in [0.3, 0.4) is 0 Å². The number of benzene rings is 1. The van der Waals surface area contributed by atoms with Gasteiger partial charge in [0, 0.05) is 18.5 Å². The van der Waals surface area contributed by atoms with Gasteiger partial charge in [-0.2, -0.15) is 0 Å². The van der Waals surface area contributed by atoms with E-state index in [9.17, 15) is 4.79 Å². The molecule has 0 saturated carbocycles. The van der Waals surface area contributed by atoms with Gasteiger partial charge in [-0.15, -0.1) is 0 Å². The van der Waals surface area contributed by atoms with Crippen molar-refractivity contribution < 1.29 is 14.3 Å². The van der Waals surface area contributed by atoms with E-state index in [1.165, 1.54) is 0 Å². The lowest BCUT2D eigenvalue weighted by molar-refractivity contribution is -0.117. The zero-order chi connectivity index (χ0) is 12.5. The Bertz CT molecular complexity index is 355. The molecular weight excluding hydrogens is 220 g/mol. The van der Waals surface area contributed by atoms with Crippen LogP contribution in [0, 0.1) is 0 Å². The van der Waals surface area contributed by atoms with Gasteiger partial charge in [-0.05, 0) is 18.2 Å². The van der Waals surface area contributed by atoms with E-state index in [2.05, 4.69) is 5.32 Å². The van der Waals surface area contributed by atoms with E-state index in [1.807, 2.05) is 0 Å². The third kappa shape index (κ3) is 5.89. The molecule has 0 fully saturated rings. The Morgan fingerprint density at radius 3 is 2.88 bits per heavy atom. The SMILES string of the molecule is COCCOCCC(=O)Nc1cccc(N)c1. The summed E-state index contributed by atoms with van der Waals surface area (Å²) >= 11 is 0. The number of rotatable bonds is 7. The maximum Gasteiger partial charge on any atom is 0.226 e. The van der Waals surface area contributed by atoms with Crippen molar-refractivity contribution in [1.82, 2.24) is 0 Å². The number of amides is 1. The summed E-state index contributed by atoms with van der Waals surface area (Å²) in [7, 11) is 1.61. The normalized spacial score (nSPS) is 10.2. The van der Waals surface area contributed by atoms with Crippen molar-refractivity contribution in [1.29, 1.82) is 0 Å². The molecule has 1 rings (SSSR count). The van der Waals surface area contributed by atoms with Gasteiger partial charge in [0.05, 0.1) is 26.2 Å². The summed E-state index contributed by atoms with van der Waals surface area (Å²) in [5.74, 6) is -0.0898. The van der Waals surface area contributed by atoms with Crippen molar-refractivity contribution in [3.05, 3.63) is 24.3 Å². The Morgan fingerprint density at radius 1 is 1.35 bits per heavy atom. The van der Waals surface area contributed by atoms with Crippen LogP contribution in [0.15, 0.2) is 24.3 Å². The van der Waals surface area contributed by atoms with Crippen LogP contribution in [-0.4, -0.2) is 32.8 Å². The molecule has 1 aromatic rings. The second-order valence-electron chi connectivity index (χ2n) is 3.53. The predicted octanol–water partition coefficient (Wildman–Crippen LogP) is 1.26. The van der Waals surface area contributed by atoms with Gasteiger partial charge in [-0.1, -0.05) is 6.07 Å². The van der Waals surface area contributed by atoms with Gasteiger partial charge in [0.25, 0.3) is 0 Å². The standard InChI is InChI=1S/C12H18N2O3/c1-16-7-8-17-6-5-12(15)14-11-4-2-3-10(13)9-11/h2-4,9H,5-8,13H2,1H3,(H,14,15). The molecule has 0 radical (unpaired) electrons. The van der Waals surface area contributed by atoms with E-state index in [-0.39, 0.29) is 5.91 Å². The molecule has 5 nitrogen and oxygen atoms in total. The molecule has 17 heavy (non-hydrogen) atoms. The quantitative estimate of drug-likeness (QED) is 0.554. The molecule has 0 heterocycles. The fourth-order valence-electron chi connectivity index (χ4n) is 1.25. The summed E-state index contributed by atoms with van der Waals surface area (Å²) in [5, 5.41) is 2.74. The summed E-state index contributed by atoms with van der Waals surface area (Å²) < 4.78 is 10.0. The topological polar surface area (TPSA) is 73.6 Å². The Morgan fingerprint density at radius 2 is 2.18 bits per heavy atom. The van der Waals surface area contributed by atoms with Gasteiger partial charge < -0.3 is 20.5 Å². The van der Waals surface area contributed by atoms with Crippen LogP contribution in [0.4, 0.5) is 11.4 Å². The highest BCUT2D eigenvalue weighted by Crippen LogP contribution is 2.11. The molecule has 0 saturated heterocycles. The molecule has 3 N–H and O–H groups in total. The lowest BCUT2D eigenvalue weighted by Crippen LogP contribution is -2.15. The smallest absolute Gasteiger partial charge is 0.226 e. The summed E-state index contributed by atoms with van der Waals surface area (Å²) in [5.41, 5.74) is 6.92. The third-order valence-electron chi connectivity index (χ3n) is 2.08. The summed E-state index contributed by atoms with van der Waals surface area (Å²) in [6.45, 7) is 1.43. The maximum atomic E-state index is 11.5. The Hall–Kier alpha value is -1.59. The number of hydrogen-bond donors (Lipinski definition) is 2. The van der Waals surface area contributed by atoms with E-state index in [1.54, 1.807) is 31.4 Å². The van der Waals surface area contributed by atoms with Gasteiger partial charge in [0.15, 0.2) is 0 Å². The molecule has 0 spiro atoms. The Kier molecular flexibility index (Phi) is 6.06. The largest absolute Gasteiger partial charge is 0.399 e. The van der Waals surface area contributed by atoms with Crippen LogP contribution >= 0.6 is 0 Å². The number of ether oxygens (including phenoxy) is 2. The lowest BCUT2D eigenvalue weighted by Gasteiger charge is -2.06. The zero-order valence-electron chi connectivity index (χ0n) is 9.94. The minimum absolute atomic E-state index is 0.0898. The Balaban J connectivity index is 2.21. The van der Waals surface area contributed by atoms with Crippen molar-refractivity contribution in [2.75, 3.05) is 38.0 Å². The number of hydrogen-bond acceptors (Lipinski definition) is 4. The minimum atomic E-state index is -0.0898. The first-order valence-electron chi connectivity index (χ1n) is 5.44. The van der Waals surface area contributed by atoms with Crippen molar-refractivity contribution >= 4 is 17.3 Å². The van der Waals surface area contributed by atoms with E-state index >= 15 is 0 Å². The first-order valence-corrected chi connectivity index (χ1v) is 5.44. The number of nitrogens with one attached hydrogen (secondary N) is 1. The molecule has 0 aromatic heterocycles. The number of anilines is 2. The number of methoxy groups -OCH3 is 1. The Labute approximate surface area is 101 Å². The van der Waals surface area contributed by atoms with Crippen LogP contribution < -0.4 is 11.1 Å². The fraction of sp³-hybridized carbons (Fsp3) is 0.417. The maximum absolute atomic E-state index is 11.5. The first kappa shape index (κ1) is 13.5. The van der Waals surface area contributed by atoms with Gasteiger partial charge in [-0.25, -0.2) is 0 Å². The number of carbonyl (C=O) groups excluding carboxylic acids is 1. The summed E-state index contributed by atoms with van der Waals surface area (Å²) in [6.07, 6.45) is 0.318. The van der Waals surface area contributed by atoms with E-state index in [4.69, 9.17) is 15.2 Å². The predicted molar refractivity (Wildman–Crippen MR) is 66.8 cm³/mol. The number of nitrogens with two attached hydrogens (primary N) is 1. The molecule has 0 bridgehead atoms. The number of carbonyl (C=O) groups is 1. The highest BCUT2D eigenvalue weighted by molar-refractivity contribution is 5.91. The minimum Gasteiger partial charge on any atom is -0.399 e. The van der Waals surface area contributed by atoms with Gasteiger partial charge >= 0.3 is 0 Å². The van der Waals surface area contributed by atoms with E-state index in [0.717, 1.165) is 0 Å². The second-order valence-corrected chi connectivity index (χ2v) is 3.53. The monoisotopic (exact) mass is 238 g/mol. The van der Waals surface area contributed by atoms with Gasteiger partial charge in [-0.3, -0.25) is 4.79 Å². The lowest BCUT2D eigenvalue weighted by atomic mass is 10.3. The molecule has 0 aliphatic heterocycles. The molecule has 5 heteroatoms. The van der Waals surface area contributed by atoms with Crippen LogP contribution in [-0.2, 0) is 14.3 Å². The van der Waals surface area contributed by atoms with Crippen molar-refractivity contribution in [2.45, 2.75) is 6.42 Å². The van der Waals surface area contributed by atoms with Crippen LogP contribution in [0.25, 0.3) is 0 Å². The summed E-state index contributed by atoms with van der Waals surface area (Å²) in [4.78, 5) is 11.5. The number of nitrogen functional groups attached to an aromatic ring is 1. The molecule has 1 aromatic carbocycles. The zero-order valence-corrected chi connectivity index (χ0v) is 9.94. The molecule has 0 unspecified atom stereocenters. The van der Waals surface area contributed by atoms with Crippen molar-refractivity contribution in [2.24, 2.45) is 0 Å². The summed E-state index contributed by atoms with van der Waals surface area (Å²) in [6, 6.07) is 7.06. The fourth-order valence-corrected chi connectivity index (χ4v) is 1.25. The van der Waals surface area contributed by atoms with Gasteiger partial charge in [0.2, 0.25) is 5.91 Å². The van der Waals surface area contributed by atoms with Crippen LogP contribution in [0.1, 0.15) is 6.42 Å². The average Bonchev–Trinajstić information content (AvgIpc) is 2.29. The molecule has 94 valence electrons. The molecule has 0 atom stereocenters. The molecular formula is C12H18N2O3. The van der Waals surface area contributed by atoms with Crippen LogP contribution in [0.5, 0.6) is 0 Å². The highest BCUT2D eigenvalue weighted by Gasteiger charge is 2.02. The molecule has 0 aliphatic rings. The first-order chi connectivity index (χ1) is 8.22. The van der Waals surface area contributed by atoms with Crippen molar-refractivity contribution in [3.63, 3.8) is 0 Å². The van der Waals surface area contributed by atoms with Gasteiger partial charge in [0.1, 0.15) is 0 Å². The molecule has 1 amide bonds. The van der Waals surface area contributed by atoms with E-state index < -0.39 is 0 Å². The third-order valence-corrected chi connectivity index (χ3v) is 2.08. The van der Waals surface area contributed by atoms with E-state index in [0.29, 0.717) is 37.6 Å². The second kappa shape index (κ2) is 7.65. The highest BCUT2D eigenvalue weighted by atomic mass is 16.5. The van der Waals surface area contributed by atoms with Crippen molar-refractivity contribution in [3.8, 4) is 0 Å².